The molecule has 3 aromatic rings. The molecule has 0 saturated carbocycles. The van der Waals surface area contributed by atoms with Gasteiger partial charge in [-0.3, -0.25) is 14.9 Å². The predicted molar refractivity (Wildman–Crippen MR) is 99.5 cm³/mol. The van der Waals surface area contributed by atoms with Crippen molar-refractivity contribution >= 4 is 29.6 Å². The molecule has 28 heavy (non-hydrogen) atoms. The van der Waals surface area contributed by atoms with Gasteiger partial charge >= 0.3 is 6.03 Å². The Kier molecular flexibility index (Phi) is 4.33. The van der Waals surface area contributed by atoms with Gasteiger partial charge in [0.1, 0.15) is 22.9 Å². The molecule has 1 N–H and O–H groups in total. The first kappa shape index (κ1) is 17.4. The Bertz CT molecular complexity index is 1100. The maximum absolute atomic E-state index is 13.1. The second-order valence-electron chi connectivity index (χ2n) is 6.00. The fraction of sp³-hybridized carbons (Fsp3) is 0. The minimum atomic E-state index is -0.900. The summed E-state index contributed by atoms with van der Waals surface area (Å²) in [7, 11) is 0. The van der Waals surface area contributed by atoms with Crippen molar-refractivity contribution in [2.24, 2.45) is 0 Å². The lowest BCUT2D eigenvalue weighted by Crippen LogP contribution is -2.54. The van der Waals surface area contributed by atoms with Crippen LogP contribution in [0, 0.1) is 5.82 Å². The molecule has 6 nitrogen and oxygen atoms in total. The van der Waals surface area contributed by atoms with E-state index < -0.39 is 23.7 Å². The summed E-state index contributed by atoms with van der Waals surface area (Å²) in [5.41, 5.74) is 0.722. The molecule has 4 amide bonds. The van der Waals surface area contributed by atoms with Gasteiger partial charge in [0.2, 0.25) is 0 Å². The van der Waals surface area contributed by atoms with Gasteiger partial charge in [0.15, 0.2) is 0 Å². The number of hydrogen-bond acceptors (Lipinski definition) is 4. The van der Waals surface area contributed by atoms with E-state index in [2.05, 4.69) is 5.32 Å². The number of amides is 4. The van der Waals surface area contributed by atoms with Crippen LogP contribution in [0.1, 0.15) is 5.76 Å². The Morgan fingerprint density at radius 1 is 0.893 bits per heavy atom. The second kappa shape index (κ2) is 6.96. The Morgan fingerprint density at radius 2 is 1.61 bits per heavy atom. The molecular formula is C21H13FN2O4. The van der Waals surface area contributed by atoms with E-state index in [1.807, 2.05) is 30.3 Å². The van der Waals surface area contributed by atoms with Crippen molar-refractivity contribution in [1.82, 2.24) is 5.32 Å². The summed E-state index contributed by atoms with van der Waals surface area (Å²) in [5, 5.41) is 2.11. The highest BCUT2D eigenvalue weighted by Gasteiger charge is 2.37. The molecule has 0 radical (unpaired) electrons. The van der Waals surface area contributed by atoms with Crippen LogP contribution in [0.5, 0.6) is 0 Å². The number of benzene rings is 2. The Balaban J connectivity index is 1.67. The Labute approximate surface area is 158 Å². The molecule has 0 bridgehead atoms. The van der Waals surface area contributed by atoms with Crippen molar-refractivity contribution in [3.63, 3.8) is 0 Å². The van der Waals surface area contributed by atoms with Gasteiger partial charge in [0, 0.05) is 5.56 Å². The van der Waals surface area contributed by atoms with Crippen LogP contribution >= 0.6 is 0 Å². The molecular weight excluding hydrogens is 363 g/mol. The number of carbonyl (C=O) groups excluding carboxylic acids is 3. The maximum atomic E-state index is 13.1. The van der Waals surface area contributed by atoms with E-state index in [0.717, 1.165) is 22.6 Å². The summed E-state index contributed by atoms with van der Waals surface area (Å²) in [4.78, 5) is 37.8. The first-order valence-corrected chi connectivity index (χ1v) is 8.35. The van der Waals surface area contributed by atoms with Gasteiger partial charge in [-0.25, -0.2) is 14.1 Å². The molecule has 138 valence electrons. The highest BCUT2D eigenvalue weighted by molar-refractivity contribution is 6.39. The third-order valence-electron chi connectivity index (χ3n) is 4.16. The molecule has 0 spiro atoms. The smallest absolute Gasteiger partial charge is 0.335 e. The first-order valence-electron chi connectivity index (χ1n) is 8.35. The Morgan fingerprint density at radius 3 is 2.32 bits per heavy atom. The van der Waals surface area contributed by atoms with Crippen LogP contribution in [0.25, 0.3) is 17.4 Å². The van der Waals surface area contributed by atoms with E-state index in [0.29, 0.717) is 5.76 Å². The van der Waals surface area contributed by atoms with Crippen LogP contribution < -0.4 is 10.2 Å². The third-order valence-corrected chi connectivity index (χ3v) is 4.16. The largest absolute Gasteiger partial charge is 0.457 e. The molecule has 1 saturated heterocycles. The van der Waals surface area contributed by atoms with Crippen molar-refractivity contribution in [3.05, 3.63) is 83.9 Å². The van der Waals surface area contributed by atoms with E-state index >= 15 is 0 Å². The highest BCUT2D eigenvalue weighted by Crippen LogP contribution is 2.25. The quantitative estimate of drug-likeness (QED) is 0.558. The minimum absolute atomic E-state index is 0.145. The van der Waals surface area contributed by atoms with Gasteiger partial charge in [-0.1, -0.05) is 30.3 Å². The molecule has 2 aromatic carbocycles. The normalized spacial score (nSPS) is 15.8. The monoisotopic (exact) mass is 376 g/mol. The second-order valence-corrected chi connectivity index (χ2v) is 6.00. The highest BCUT2D eigenvalue weighted by atomic mass is 19.1. The maximum Gasteiger partial charge on any atom is 0.335 e. The molecule has 1 fully saturated rings. The van der Waals surface area contributed by atoms with Crippen LogP contribution in [-0.4, -0.2) is 17.8 Å². The predicted octanol–water partition coefficient (Wildman–Crippen LogP) is 3.75. The van der Waals surface area contributed by atoms with Crippen molar-refractivity contribution < 1.29 is 23.2 Å². The van der Waals surface area contributed by atoms with Crippen LogP contribution in [0.15, 0.2) is 76.7 Å². The standard InChI is InChI=1S/C21H13FN2O4/c22-14-6-8-15(9-7-14)24-20(26)17(19(25)23-21(24)27)12-16-10-11-18(28-16)13-4-2-1-3-5-13/h1-12H,(H,23,25,27)/b17-12-. The number of imide groups is 2. The number of hydrogen-bond donors (Lipinski definition) is 1. The topological polar surface area (TPSA) is 79.6 Å². The average molecular weight is 376 g/mol. The van der Waals surface area contributed by atoms with Crippen molar-refractivity contribution in [2.45, 2.75) is 0 Å². The van der Waals surface area contributed by atoms with E-state index in [4.69, 9.17) is 4.42 Å². The zero-order valence-electron chi connectivity index (χ0n) is 14.4. The molecule has 0 aliphatic carbocycles. The van der Waals surface area contributed by atoms with Crippen LogP contribution in [0.3, 0.4) is 0 Å². The molecule has 7 heteroatoms. The molecule has 2 heterocycles. The zero-order valence-corrected chi connectivity index (χ0v) is 14.4. The number of halogens is 1. The number of urea groups is 1. The van der Waals surface area contributed by atoms with Crippen molar-refractivity contribution in [3.8, 4) is 11.3 Å². The van der Waals surface area contributed by atoms with Gasteiger partial charge in [-0.05, 0) is 42.5 Å². The number of rotatable bonds is 3. The summed E-state index contributed by atoms with van der Waals surface area (Å²) in [6, 6.07) is 16.6. The van der Waals surface area contributed by atoms with Crippen molar-refractivity contribution in [2.75, 3.05) is 4.90 Å². The van der Waals surface area contributed by atoms with Crippen LogP contribution in [0.4, 0.5) is 14.9 Å². The summed E-state index contributed by atoms with van der Waals surface area (Å²) in [5.74, 6) is -1.30. The molecule has 0 unspecified atom stereocenters. The van der Waals surface area contributed by atoms with Crippen molar-refractivity contribution in [1.29, 1.82) is 0 Å². The third kappa shape index (κ3) is 3.21. The summed E-state index contributed by atoms with van der Waals surface area (Å²) in [6.07, 6.45) is 1.27. The molecule has 1 aliphatic rings. The number of carbonyl (C=O) groups is 3. The van der Waals surface area contributed by atoms with E-state index in [1.165, 1.54) is 18.2 Å². The number of nitrogens with zero attached hydrogens (tertiary/aromatic N) is 1. The average Bonchev–Trinajstić information content (AvgIpc) is 3.16. The van der Waals surface area contributed by atoms with E-state index in [9.17, 15) is 18.8 Å². The zero-order chi connectivity index (χ0) is 19.7. The number of barbiturate groups is 1. The van der Waals surface area contributed by atoms with Gasteiger partial charge in [0.05, 0.1) is 5.69 Å². The fourth-order valence-electron chi connectivity index (χ4n) is 2.81. The summed E-state index contributed by atoms with van der Waals surface area (Å²) >= 11 is 0. The number of anilines is 1. The molecule has 1 aliphatic heterocycles. The lowest BCUT2D eigenvalue weighted by atomic mass is 10.1. The summed E-state index contributed by atoms with van der Waals surface area (Å²) in [6.45, 7) is 0. The van der Waals surface area contributed by atoms with Gasteiger partial charge in [-0.2, -0.15) is 0 Å². The van der Waals surface area contributed by atoms with Crippen LogP contribution in [-0.2, 0) is 9.59 Å². The van der Waals surface area contributed by atoms with Gasteiger partial charge in [-0.15, -0.1) is 0 Å². The molecule has 4 rings (SSSR count). The fourth-order valence-corrected chi connectivity index (χ4v) is 2.81. The first-order chi connectivity index (χ1) is 13.5. The Hall–Kier alpha value is -4.00. The van der Waals surface area contributed by atoms with Crippen LogP contribution in [0.2, 0.25) is 0 Å². The SMILES string of the molecule is O=C1NC(=O)N(c2ccc(F)cc2)C(=O)/C1=C\c1ccc(-c2ccccc2)o1. The lowest BCUT2D eigenvalue weighted by molar-refractivity contribution is -0.122. The summed E-state index contributed by atoms with van der Waals surface area (Å²) < 4.78 is 18.8. The number of nitrogens with one attached hydrogen (secondary N) is 1. The number of furan rings is 1. The lowest BCUT2D eigenvalue weighted by Gasteiger charge is -2.26. The van der Waals surface area contributed by atoms with Gasteiger partial charge in [0.25, 0.3) is 11.8 Å². The molecule has 0 atom stereocenters. The van der Waals surface area contributed by atoms with Gasteiger partial charge < -0.3 is 4.42 Å². The van der Waals surface area contributed by atoms with E-state index in [-0.39, 0.29) is 17.0 Å². The minimum Gasteiger partial charge on any atom is -0.457 e. The van der Waals surface area contributed by atoms with E-state index in [1.54, 1.807) is 12.1 Å². The molecule has 1 aromatic heterocycles.